The van der Waals surface area contributed by atoms with Crippen LogP contribution in [0.3, 0.4) is 0 Å². The Hall–Kier alpha value is -2.67. The van der Waals surface area contributed by atoms with E-state index in [1.54, 1.807) is 25.4 Å². The second-order valence-electron chi connectivity index (χ2n) is 5.49. The zero-order valence-corrected chi connectivity index (χ0v) is 14.0. The smallest absolute Gasteiger partial charge is 0.273 e. The molecule has 2 heterocycles. The normalized spacial score (nSPS) is 10.9. The largest absolute Gasteiger partial charge is 0.487 e. The third kappa shape index (κ3) is 3.71. The number of halogens is 3. The number of ether oxygens (including phenoxy) is 1. The second kappa shape index (κ2) is 7.06. The van der Waals surface area contributed by atoms with Crippen LogP contribution in [-0.2, 0) is 13.2 Å². The summed E-state index contributed by atoms with van der Waals surface area (Å²) in [5.41, 5.74) is 1.20. The van der Waals surface area contributed by atoms with Crippen LogP contribution in [0, 0.1) is 18.6 Å². The maximum atomic E-state index is 13.7. The van der Waals surface area contributed by atoms with Crippen LogP contribution in [-0.4, -0.2) is 14.8 Å². The lowest BCUT2D eigenvalue weighted by Crippen LogP contribution is -2.23. The predicted octanol–water partition coefficient (Wildman–Crippen LogP) is 3.44. The van der Waals surface area contributed by atoms with Gasteiger partial charge in [-0.1, -0.05) is 11.6 Å². The maximum Gasteiger partial charge on any atom is 0.273 e. The highest BCUT2D eigenvalue weighted by atomic mass is 35.5. The Bertz CT molecular complexity index is 955. The van der Waals surface area contributed by atoms with Crippen molar-refractivity contribution in [3.05, 3.63) is 80.5 Å². The summed E-state index contributed by atoms with van der Waals surface area (Å²) in [6, 6.07) is 4.79. The van der Waals surface area contributed by atoms with Gasteiger partial charge in [0.1, 0.15) is 29.0 Å². The SMILES string of the molecule is Cc1cc(OCc2ccc(F)cc2F)c(Cl)c(=O)n1Cc1cn[nH]c1. The highest BCUT2D eigenvalue weighted by Crippen LogP contribution is 2.24. The van der Waals surface area contributed by atoms with Crippen LogP contribution in [0.4, 0.5) is 8.78 Å². The van der Waals surface area contributed by atoms with E-state index in [0.717, 1.165) is 17.7 Å². The Balaban J connectivity index is 1.84. The molecule has 0 bridgehead atoms. The first-order valence-electron chi connectivity index (χ1n) is 7.40. The summed E-state index contributed by atoms with van der Waals surface area (Å²) < 4.78 is 33.5. The monoisotopic (exact) mass is 365 g/mol. The fraction of sp³-hybridized carbons (Fsp3) is 0.176. The molecule has 0 fully saturated rings. The van der Waals surface area contributed by atoms with Crippen molar-refractivity contribution < 1.29 is 13.5 Å². The number of hydrogen-bond acceptors (Lipinski definition) is 3. The molecular formula is C17H14ClF2N3O2. The lowest BCUT2D eigenvalue weighted by molar-refractivity contribution is 0.298. The number of benzene rings is 1. The van der Waals surface area contributed by atoms with E-state index in [-0.39, 0.29) is 22.9 Å². The van der Waals surface area contributed by atoms with E-state index >= 15 is 0 Å². The van der Waals surface area contributed by atoms with E-state index in [0.29, 0.717) is 12.2 Å². The van der Waals surface area contributed by atoms with Crippen LogP contribution in [0.5, 0.6) is 5.75 Å². The van der Waals surface area contributed by atoms with E-state index in [1.807, 2.05) is 0 Å². The van der Waals surface area contributed by atoms with Gasteiger partial charge in [-0.2, -0.15) is 5.10 Å². The topological polar surface area (TPSA) is 59.9 Å². The third-order valence-corrected chi connectivity index (χ3v) is 4.06. The van der Waals surface area contributed by atoms with Crippen LogP contribution in [0.25, 0.3) is 0 Å². The fourth-order valence-corrected chi connectivity index (χ4v) is 2.57. The summed E-state index contributed by atoms with van der Waals surface area (Å²) >= 11 is 6.11. The molecule has 1 aromatic carbocycles. The lowest BCUT2D eigenvalue weighted by Gasteiger charge is -2.14. The molecule has 0 aliphatic rings. The first-order valence-corrected chi connectivity index (χ1v) is 7.78. The summed E-state index contributed by atoms with van der Waals surface area (Å²) in [5.74, 6) is -1.24. The zero-order valence-electron chi connectivity index (χ0n) is 13.2. The number of aromatic nitrogens is 3. The van der Waals surface area contributed by atoms with E-state index < -0.39 is 17.2 Å². The third-order valence-electron chi connectivity index (χ3n) is 3.71. The molecule has 0 radical (unpaired) electrons. The Morgan fingerprint density at radius 3 is 2.80 bits per heavy atom. The van der Waals surface area contributed by atoms with Crippen molar-refractivity contribution in [3.8, 4) is 5.75 Å². The molecule has 0 saturated heterocycles. The Morgan fingerprint density at radius 1 is 1.32 bits per heavy atom. The van der Waals surface area contributed by atoms with Crippen molar-refractivity contribution in [2.45, 2.75) is 20.1 Å². The van der Waals surface area contributed by atoms with Crippen molar-refractivity contribution >= 4 is 11.6 Å². The highest BCUT2D eigenvalue weighted by Gasteiger charge is 2.14. The lowest BCUT2D eigenvalue weighted by atomic mass is 10.2. The standard InChI is InChI=1S/C17H14ClF2N3O2/c1-10-4-15(25-9-12-2-3-13(19)5-14(12)20)16(18)17(24)23(10)8-11-6-21-22-7-11/h2-7H,8-9H2,1H3,(H,21,22). The fourth-order valence-electron chi connectivity index (χ4n) is 2.36. The molecule has 3 aromatic rings. The quantitative estimate of drug-likeness (QED) is 0.753. The van der Waals surface area contributed by atoms with Crippen molar-refractivity contribution in [2.24, 2.45) is 0 Å². The highest BCUT2D eigenvalue weighted by molar-refractivity contribution is 6.31. The molecular weight excluding hydrogens is 352 g/mol. The zero-order chi connectivity index (χ0) is 18.0. The van der Waals surface area contributed by atoms with Crippen molar-refractivity contribution in [3.63, 3.8) is 0 Å². The van der Waals surface area contributed by atoms with Gasteiger partial charge >= 0.3 is 0 Å². The van der Waals surface area contributed by atoms with Gasteiger partial charge in [0.05, 0.1) is 12.7 Å². The molecule has 0 aliphatic carbocycles. The number of nitrogens with one attached hydrogen (secondary N) is 1. The first kappa shape index (κ1) is 17.2. The molecule has 0 atom stereocenters. The van der Waals surface area contributed by atoms with Gasteiger partial charge in [-0.25, -0.2) is 8.78 Å². The van der Waals surface area contributed by atoms with Gasteiger partial charge in [0.2, 0.25) is 0 Å². The van der Waals surface area contributed by atoms with Crippen LogP contribution in [0.15, 0.2) is 41.5 Å². The first-order chi connectivity index (χ1) is 12.0. The van der Waals surface area contributed by atoms with Gasteiger partial charge in [-0.3, -0.25) is 9.89 Å². The van der Waals surface area contributed by atoms with E-state index in [9.17, 15) is 13.6 Å². The van der Waals surface area contributed by atoms with Crippen molar-refractivity contribution in [1.82, 2.24) is 14.8 Å². The summed E-state index contributed by atoms with van der Waals surface area (Å²) in [6.07, 6.45) is 3.29. The number of rotatable bonds is 5. The molecule has 25 heavy (non-hydrogen) atoms. The number of aromatic amines is 1. The van der Waals surface area contributed by atoms with Gasteiger partial charge in [-0.05, 0) is 19.1 Å². The van der Waals surface area contributed by atoms with Crippen molar-refractivity contribution in [1.29, 1.82) is 0 Å². The minimum atomic E-state index is -0.721. The number of H-pyrrole nitrogens is 1. The number of pyridine rings is 1. The van der Waals surface area contributed by atoms with Gasteiger partial charge in [-0.15, -0.1) is 0 Å². The molecule has 5 nitrogen and oxygen atoms in total. The van der Waals surface area contributed by atoms with E-state index in [2.05, 4.69) is 10.2 Å². The van der Waals surface area contributed by atoms with Gasteiger partial charge in [0.15, 0.2) is 0 Å². The summed E-state index contributed by atoms with van der Waals surface area (Å²) in [7, 11) is 0. The molecule has 0 spiro atoms. The Kier molecular flexibility index (Phi) is 4.85. The molecule has 0 unspecified atom stereocenters. The van der Waals surface area contributed by atoms with Gasteiger partial charge in [0, 0.05) is 35.2 Å². The van der Waals surface area contributed by atoms with Crippen LogP contribution in [0.2, 0.25) is 5.02 Å². The molecule has 130 valence electrons. The Labute approximate surface area is 146 Å². The molecule has 0 amide bonds. The Morgan fingerprint density at radius 2 is 2.12 bits per heavy atom. The summed E-state index contributed by atoms with van der Waals surface area (Å²) in [4.78, 5) is 12.5. The molecule has 8 heteroatoms. The molecule has 0 aliphatic heterocycles. The second-order valence-corrected chi connectivity index (χ2v) is 5.86. The summed E-state index contributed by atoms with van der Waals surface area (Å²) in [6.45, 7) is 1.88. The average molecular weight is 366 g/mol. The minimum absolute atomic E-state index is 0.100. The van der Waals surface area contributed by atoms with Gasteiger partial charge in [0.25, 0.3) is 5.56 Å². The maximum absolute atomic E-state index is 13.7. The molecule has 0 saturated carbocycles. The molecule has 3 rings (SSSR count). The number of aryl methyl sites for hydroxylation is 1. The number of hydrogen-bond donors (Lipinski definition) is 1. The van der Waals surface area contributed by atoms with E-state index in [4.69, 9.17) is 16.3 Å². The molecule has 1 N–H and O–H groups in total. The molecule has 2 aromatic heterocycles. The van der Waals surface area contributed by atoms with Gasteiger partial charge < -0.3 is 9.30 Å². The number of nitrogens with zero attached hydrogens (tertiary/aromatic N) is 2. The van der Waals surface area contributed by atoms with E-state index in [1.165, 1.54) is 10.6 Å². The van der Waals surface area contributed by atoms with Crippen LogP contribution < -0.4 is 10.3 Å². The average Bonchev–Trinajstić information content (AvgIpc) is 3.08. The van der Waals surface area contributed by atoms with Crippen molar-refractivity contribution in [2.75, 3.05) is 0 Å². The van der Waals surface area contributed by atoms with Crippen LogP contribution >= 0.6 is 11.6 Å². The van der Waals surface area contributed by atoms with Crippen LogP contribution in [0.1, 0.15) is 16.8 Å². The summed E-state index contributed by atoms with van der Waals surface area (Å²) in [5, 5.41) is 6.41. The minimum Gasteiger partial charge on any atom is -0.487 e. The predicted molar refractivity (Wildman–Crippen MR) is 88.8 cm³/mol.